The van der Waals surface area contributed by atoms with E-state index in [-0.39, 0.29) is 0 Å². The summed E-state index contributed by atoms with van der Waals surface area (Å²) >= 11 is 0. The lowest BCUT2D eigenvalue weighted by molar-refractivity contribution is 0.144. The number of aryl methyl sites for hydroxylation is 2. The van der Waals surface area contributed by atoms with Gasteiger partial charge in [0.25, 0.3) is 0 Å². The first kappa shape index (κ1) is 13.4. The van der Waals surface area contributed by atoms with Crippen molar-refractivity contribution in [3.05, 3.63) is 53.3 Å². The van der Waals surface area contributed by atoms with Crippen LogP contribution < -0.4 is 0 Å². The zero-order valence-corrected chi connectivity index (χ0v) is 12.0. The molecule has 0 spiro atoms. The molecule has 1 N–H and O–H groups in total. The van der Waals surface area contributed by atoms with Crippen molar-refractivity contribution in [2.75, 3.05) is 0 Å². The van der Waals surface area contributed by atoms with E-state index in [1.807, 2.05) is 10.7 Å². The van der Waals surface area contributed by atoms with E-state index in [4.69, 9.17) is 0 Å². The van der Waals surface area contributed by atoms with E-state index in [1.165, 1.54) is 30.4 Å². The van der Waals surface area contributed by atoms with Gasteiger partial charge in [-0.3, -0.25) is 4.68 Å². The van der Waals surface area contributed by atoms with Gasteiger partial charge in [0.05, 0.1) is 11.8 Å². The molecule has 0 fully saturated rings. The van der Waals surface area contributed by atoms with Gasteiger partial charge < -0.3 is 5.11 Å². The number of hydrogen-bond donors (Lipinski definition) is 1. The molecule has 1 aliphatic carbocycles. The van der Waals surface area contributed by atoms with Crippen LogP contribution in [-0.2, 0) is 13.0 Å². The van der Waals surface area contributed by atoms with Crippen LogP contribution in [0.2, 0.25) is 0 Å². The van der Waals surface area contributed by atoms with Gasteiger partial charge in [0, 0.05) is 12.7 Å². The molecule has 3 heteroatoms. The molecule has 3 nitrogen and oxygen atoms in total. The molecule has 0 saturated carbocycles. The quantitative estimate of drug-likeness (QED) is 0.924. The van der Waals surface area contributed by atoms with Gasteiger partial charge in [-0.25, -0.2) is 0 Å². The van der Waals surface area contributed by atoms with Crippen LogP contribution in [0.5, 0.6) is 0 Å². The summed E-state index contributed by atoms with van der Waals surface area (Å²) in [5.74, 6) is 0.468. The smallest absolute Gasteiger partial charge is 0.0962 e. The Morgan fingerprint density at radius 3 is 3.05 bits per heavy atom. The van der Waals surface area contributed by atoms with Crippen molar-refractivity contribution >= 4 is 0 Å². The van der Waals surface area contributed by atoms with Crippen LogP contribution in [0.25, 0.3) is 0 Å². The van der Waals surface area contributed by atoms with E-state index in [0.717, 1.165) is 18.7 Å². The number of benzene rings is 1. The highest BCUT2D eigenvalue weighted by Crippen LogP contribution is 2.37. The molecular formula is C17H22N2O. The highest BCUT2D eigenvalue weighted by atomic mass is 16.3. The highest BCUT2D eigenvalue weighted by Gasteiger charge is 2.24. The predicted molar refractivity (Wildman–Crippen MR) is 79.6 cm³/mol. The van der Waals surface area contributed by atoms with Crippen molar-refractivity contribution in [2.45, 2.75) is 51.2 Å². The van der Waals surface area contributed by atoms with Crippen LogP contribution >= 0.6 is 0 Å². The topological polar surface area (TPSA) is 38.0 Å². The lowest BCUT2D eigenvalue weighted by Crippen LogP contribution is -2.15. The highest BCUT2D eigenvalue weighted by molar-refractivity contribution is 5.32. The van der Waals surface area contributed by atoms with Crippen LogP contribution in [0.4, 0.5) is 0 Å². The number of fused-ring (bicyclic) bond motifs is 1. The van der Waals surface area contributed by atoms with E-state index in [0.29, 0.717) is 5.92 Å². The summed E-state index contributed by atoms with van der Waals surface area (Å²) in [5, 5.41) is 14.8. The first-order chi connectivity index (χ1) is 9.79. The molecule has 0 bridgehead atoms. The summed E-state index contributed by atoms with van der Waals surface area (Å²) in [5.41, 5.74) is 3.83. The molecular weight excluding hydrogens is 248 g/mol. The molecule has 0 aliphatic heterocycles. The van der Waals surface area contributed by atoms with Crippen molar-refractivity contribution < 1.29 is 5.11 Å². The average molecular weight is 270 g/mol. The molecule has 0 radical (unpaired) electrons. The summed E-state index contributed by atoms with van der Waals surface area (Å²) in [6.07, 6.45) is 5.72. The van der Waals surface area contributed by atoms with Gasteiger partial charge >= 0.3 is 0 Å². The van der Waals surface area contributed by atoms with Crippen molar-refractivity contribution in [3.63, 3.8) is 0 Å². The Hall–Kier alpha value is -1.61. The maximum atomic E-state index is 10.5. The van der Waals surface area contributed by atoms with Crippen molar-refractivity contribution in [3.8, 4) is 0 Å². The second kappa shape index (κ2) is 5.80. The van der Waals surface area contributed by atoms with Crippen LogP contribution in [0.3, 0.4) is 0 Å². The third-order valence-corrected chi connectivity index (χ3v) is 4.39. The maximum absolute atomic E-state index is 10.5. The molecule has 20 heavy (non-hydrogen) atoms. The van der Waals surface area contributed by atoms with E-state index in [1.54, 1.807) is 6.20 Å². The third-order valence-electron chi connectivity index (χ3n) is 4.39. The minimum absolute atomic E-state index is 0.423. The number of aromatic nitrogens is 2. The fourth-order valence-corrected chi connectivity index (χ4v) is 3.38. The molecule has 1 heterocycles. The molecule has 1 aliphatic rings. The van der Waals surface area contributed by atoms with Gasteiger partial charge in [0.2, 0.25) is 0 Å². The van der Waals surface area contributed by atoms with Crippen LogP contribution in [-0.4, -0.2) is 14.9 Å². The minimum atomic E-state index is -0.423. The van der Waals surface area contributed by atoms with Crippen molar-refractivity contribution in [1.29, 1.82) is 0 Å². The first-order valence-corrected chi connectivity index (χ1v) is 7.57. The normalized spacial score (nSPS) is 19.6. The molecule has 2 atom stereocenters. The van der Waals surface area contributed by atoms with Gasteiger partial charge in [-0.2, -0.15) is 5.10 Å². The van der Waals surface area contributed by atoms with E-state index in [9.17, 15) is 5.11 Å². The van der Waals surface area contributed by atoms with E-state index in [2.05, 4.69) is 36.3 Å². The van der Waals surface area contributed by atoms with Crippen molar-refractivity contribution in [1.82, 2.24) is 9.78 Å². The Balaban J connectivity index is 1.79. The largest absolute Gasteiger partial charge is 0.387 e. The zero-order valence-electron chi connectivity index (χ0n) is 12.0. The maximum Gasteiger partial charge on any atom is 0.0962 e. The van der Waals surface area contributed by atoms with Crippen LogP contribution in [0.1, 0.15) is 55.0 Å². The molecule has 1 aromatic heterocycles. The van der Waals surface area contributed by atoms with Gasteiger partial charge in [-0.1, -0.05) is 24.3 Å². The molecule has 0 amide bonds. The van der Waals surface area contributed by atoms with Crippen LogP contribution in [0, 0.1) is 0 Å². The Bertz CT molecular complexity index is 576. The number of aliphatic hydroxyl groups is 1. The predicted octanol–water partition coefficient (Wildman–Crippen LogP) is 3.45. The summed E-state index contributed by atoms with van der Waals surface area (Å²) < 4.78 is 1.89. The van der Waals surface area contributed by atoms with Gasteiger partial charge in [0.1, 0.15) is 0 Å². The molecule has 2 aromatic rings. The lowest BCUT2D eigenvalue weighted by Gasteiger charge is -2.27. The summed E-state index contributed by atoms with van der Waals surface area (Å²) in [7, 11) is 0. The average Bonchev–Trinajstić information content (AvgIpc) is 2.96. The number of aliphatic hydroxyl groups excluding tert-OH is 1. The number of rotatable bonds is 4. The SMILES string of the molecule is CCn1nccc1C(O)CC1CCCc2ccccc21. The van der Waals surface area contributed by atoms with E-state index < -0.39 is 6.10 Å². The fourth-order valence-electron chi connectivity index (χ4n) is 3.38. The number of hydrogen-bond acceptors (Lipinski definition) is 2. The Morgan fingerprint density at radius 2 is 2.20 bits per heavy atom. The summed E-state index contributed by atoms with van der Waals surface area (Å²) in [6, 6.07) is 10.6. The van der Waals surface area contributed by atoms with E-state index >= 15 is 0 Å². The number of nitrogens with zero attached hydrogens (tertiary/aromatic N) is 2. The van der Waals surface area contributed by atoms with Gasteiger partial charge in [0.15, 0.2) is 0 Å². The monoisotopic (exact) mass is 270 g/mol. The standard InChI is InChI=1S/C17H22N2O/c1-2-19-16(10-11-18-19)17(20)12-14-8-5-7-13-6-3-4-9-15(13)14/h3-4,6,9-11,14,17,20H,2,5,7-8,12H2,1H3. The molecule has 106 valence electrons. The second-order valence-corrected chi connectivity index (χ2v) is 5.61. The lowest BCUT2D eigenvalue weighted by atomic mass is 9.79. The summed E-state index contributed by atoms with van der Waals surface area (Å²) in [4.78, 5) is 0. The Kier molecular flexibility index (Phi) is 3.88. The Labute approximate surface area is 120 Å². The first-order valence-electron chi connectivity index (χ1n) is 7.57. The molecule has 3 rings (SSSR count). The molecule has 0 saturated heterocycles. The van der Waals surface area contributed by atoms with Crippen LogP contribution in [0.15, 0.2) is 36.5 Å². The minimum Gasteiger partial charge on any atom is -0.387 e. The second-order valence-electron chi connectivity index (χ2n) is 5.61. The third kappa shape index (κ3) is 2.50. The van der Waals surface area contributed by atoms with Gasteiger partial charge in [-0.05, 0) is 55.7 Å². The fraction of sp³-hybridized carbons (Fsp3) is 0.471. The zero-order chi connectivity index (χ0) is 13.9. The summed E-state index contributed by atoms with van der Waals surface area (Å²) in [6.45, 7) is 2.86. The van der Waals surface area contributed by atoms with Crippen molar-refractivity contribution in [2.24, 2.45) is 0 Å². The molecule has 2 unspecified atom stereocenters. The van der Waals surface area contributed by atoms with Gasteiger partial charge in [-0.15, -0.1) is 0 Å². The Morgan fingerprint density at radius 1 is 1.35 bits per heavy atom. The molecule has 1 aromatic carbocycles.